The number of rotatable bonds is 6. The van der Waals surface area contributed by atoms with Crippen LogP contribution in [0.2, 0.25) is 0 Å². The highest BCUT2D eigenvalue weighted by Crippen LogP contribution is 2.23. The van der Waals surface area contributed by atoms with Crippen LogP contribution in [0.1, 0.15) is 24.6 Å². The first kappa shape index (κ1) is 16.9. The molecule has 1 fully saturated rings. The second-order valence-corrected chi connectivity index (χ2v) is 6.71. The van der Waals surface area contributed by atoms with E-state index in [0.29, 0.717) is 18.6 Å². The maximum absolute atomic E-state index is 5.22. The molecule has 1 saturated heterocycles. The molecule has 0 spiro atoms. The van der Waals surface area contributed by atoms with Crippen LogP contribution < -0.4 is 5.32 Å². The number of nitrogens with zero attached hydrogens (tertiary/aromatic N) is 2. The summed E-state index contributed by atoms with van der Waals surface area (Å²) >= 11 is 0. The van der Waals surface area contributed by atoms with Gasteiger partial charge in [0.2, 0.25) is 0 Å². The molecule has 1 N–H and O–H groups in total. The van der Waals surface area contributed by atoms with Crippen molar-refractivity contribution in [2.75, 3.05) is 25.5 Å². The molecule has 0 amide bonds. The van der Waals surface area contributed by atoms with E-state index in [4.69, 9.17) is 4.74 Å². The summed E-state index contributed by atoms with van der Waals surface area (Å²) in [6.45, 7) is 6.15. The summed E-state index contributed by atoms with van der Waals surface area (Å²) in [5, 5.41) is 3.72. The van der Waals surface area contributed by atoms with Gasteiger partial charge in [-0.3, -0.25) is 9.88 Å². The van der Waals surface area contributed by atoms with E-state index in [9.17, 15) is 0 Å². The molecule has 1 aromatic carbocycles. The average Bonchev–Trinajstić information content (AvgIpc) is 2.59. The Morgan fingerprint density at radius 1 is 1.25 bits per heavy atom. The first-order valence-corrected chi connectivity index (χ1v) is 8.71. The number of anilines is 1. The minimum absolute atomic E-state index is 0.516. The van der Waals surface area contributed by atoms with E-state index in [-0.39, 0.29) is 0 Å². The summed E-state index contributed by atoms with van der Waals surface area (Å²) in [5.74, 6) is 0.605. The average molecular weight is 325 g/mol. The summed E-state index contributed by atoms with van der Waals surface area (Å²) in [4.78, 5) is 6.95. The van der Waals surface area contributed by atoms with Crippen molar-refractivity contribution in [3.8, 4) is 0 Å². The summed E-state index contributed by atoms with van der Waals surface area (Å²) < 4.78 is 5.22. The van der Waals surface area contributed by atoms with Gasteiger partial charge in [0.1, 0.15) is 0 Å². The van der Waals surface area contributed by atoms with Crippen molar-refractivity contribution in [3.63, 3.8) is 0 Å². The maximum atomic E-state index is 5.22. The van der Waals surface area contributed by atoms with E-state index >= 15 is 0 Å². The molecule has 4 heteroatoms. The lowest BCUT2D eigenvalue weighted by Gasteiger charge is -2.37. The zero-order valence-corrected chi connectivity index (χ0v) is 14.6. The molecule has 1 aliphatic rings. The molecule has 0 radical (unpaired) electrons. The Bertz CT molecular complexity index is 632. The number of benzene rings is 1. The molecule has 1 aliphatic heterocycles. The van der Waals surface area contributed by atoms with Gasteiger partial charge in [-0.25, -0.2) is 0 Å². The number of pyridine rings is 1. The lowest BCUT2D eigenvalue weighted by Crippen LogP contribution is -2.44. The topological polar surface area (TPSA) is 37.4 Å². The lowest BCUT2D eigenvalue weighted by atomic mass is 9.93. The highest BCUT2D eigenvalue weighted by Gasteiger charge is 2.26. The van der Waals surface area contributed by atoms with Gasteiger partial charge in [0.05, 0.1) is 12.3 Å². The van der Waals surface area contributed by atoms with Gasteiger partial charge in [-0.05, 0) is 42.2 Å². The van der Waals surface area contributed by atoms with Crippen LogP contribution in [-0.4, -0.2) is 36.1 Å². The summed E-state index contributed by atoms with van der Waals surface area (Å²) in [6.07, 6.45) is 3.03. The fraction of sp³-hybridized carbons (Fsp3) is 0.450. The Kier molecular flexibility index (Phi) is 5.83. The fourth-order valence-corrected chi connectivity index (χ4v) is 3.44. The number of aromatic nitrogens is 1. The second-order valence-electron chi connectivity index (χ2n) is 6.71. The smallest absolute Gasteiger partial charge is 0.0713 e. The van der Waals surface area contributed by atoms with Crippen LogP contribution in [0.15, 0.2) is 48.7 Å². The predicted molar refractivity (Wildman–Crippen MR) is 97.9 cm³/mol. The number of likely N-dealkylation sites (tertiary alicyclic amines) is 1. The third kappa shape index (κ3) is 4.56. The Balaban J connectivity index is 1.55. The minimum atomic E-state index is 0.516. The van der Waals surface area contributed by atoms with Crippen LogP contribution in [0.3, 0.4) is 0 Å². The molecule has 128 valence electrons. The number of hydrogen-bond acceptors (Lipinski definition) is 4. The van der Waals surface area contributed by atoms with Crippen molar-refractivity contribution in [1.29, 1.82) is 0 Å². The van der Waals surface area contributed by atoms with Gasteiger partial charge in [-0.2, -0.15) is 0 Å². The van der Waals surface area contributed by atoms with E-state index in [1.165, 1.54) is 11.3 Å². The van der Waals surface area contributed by atoms with Crippen molar-refractivity contribution in [2.24, 2.45) is 5.92 Å². The Morgan fingerprint density at radius 2 is 2.17 bits per heavy atom. The first-order valence-electron chi connectivity index (χ1n) is 8.71. The van der Waals surface area contributed by atoms with Crippen molar-refractivity contribution in [1.82, 2.24) is 9.88 Å². The van der Waals surface area contributed by atoms with Gasteiger partial charge in [-0.15, -0.1) is 0 Å². The van der Waals surface area contributed by atoms with Crippen molar-refractivity contribution in [2.45, 2.75) is 32.5 Å². The van der Waals surface area contributed by atoms with Crippen LogP contribution in [0.4, 0.5) is 5.69 Å². The van der Waals surface area contributed by atoms with Gasteiger partial charge < -0.3 is 10.1 Å². The second kappa shape index (κ2) is 8.27. The Labute approximate surface area is 144 Å². The number of ether oxygens (including phenoxy) is 1. The van der Waals surface area contributed by atoms with Gasteiger partial charge in [0.15, 0.2) is 0 Å². The Morgan fingerprint density at radius 3 is 2.92 bits per heavy atom. The molecule has 2 atom stereocenters. The van der Waals surface area contributed by atoms with Gasteiger partial charge in [0, 0.05) is 44.7 Å². The molecule has 0 bridgehead atoms. The zero-order chi connectivity index (χ0) is 16.8. The molecule has 1 aromatic heterocycles. The number of hydrogen-bond donors (Lipinski definition) is 1. The van der Waals surface area contributed by atoms with Crippen molar-refractivity contribution >= 4 is 5.69 Å². The summed E-state index contributed by atoms with van der Waals surface area (Å²) in [7, 11) is 1.74. The lowest BCUT2D eigenvalue weighted by molar-refractivity contribution is 0.163. The van der Waals surface area contributed by atoms with Crippen molar-refractivity contribution in [3.05, 3.63) is 59.9 Å². The zero-order valence-electron chi connectivity index (χ0n) is 14.6. The maximum Gasteiger partial charge on any atom is 0.0713 e. The largest absolute Gasteiger partial charge is 0.382 e. The molecule has 2 heterocycles. The van der Waals surface area contributed by atoms with E-state index in [2.05, 4.69) is 58.5 Å². The quantitative estimate of drug-likeness (QED) is 0.881. The van der Waals surface area contributed by atoms with Gasteiger partial charge in [-0.1, -0.05) is 25.1 Å². The van der Waals surface area contributed by atoms with Crippen LogP contribution in [0.5, 0.6) is 0 Å². The third-order valence-electron chi connectivity index (χ3n) is 4.69. The fourth-order valence-electron chi connectivity index (χ4n) is 3.44. The summed E-state index contributed by atoms with van der Waals surface area (Å²) in [6, 6.07) is 15.2. The van der Waals surface area contributed by atoms with Crippen LogP contribution >= 0.6 is 0 Å². The Hall–Kier alpha value is -1.91. The standard InChI is InChI=1S/C20H27N3O/c1-16-13-23(14-19-7-3-4-10-21-19)11-9-20(16)22-18-8-5-6-17(12-18)15-24-2/h3-8,10,12,16,20,22H,9,11,13-15H2,1-2H3/t16-,20+/m0/s1. The number of nitrogens with one attached hydrogen (secondary N) is 1. The molecule has 4 nitrogen and oxygen atoms in total. The monoisotopic (exact) mass is 325 g/mol. The minimum Gasteiger partial charge on any atom is -0.382 e. The highest BCUT2D eigenvalue weighted by molar-refractivity contribution is 5.46. The highest BCUT2D eigenvalue weighted by atomic mass is 16.5. The molecule has 0 aliphatic carbocycles. The normalized spacial score (nSPS) is 21.6. The number of methoxy groups -OCH3 is 1. The van der Waals surface area contributed by atoms with Gasteiger partial charge in [0.25, 0.3) is 0 Å². The summed E-state index contributed by atoms with van der Waals surface area (Å²) in [5.41, 5.74) is 3.56. The van der Waals surface area contributed by atoms with E-state index < -0.39 is 0 Å². The molecule has 0 saturated carbocycles. The van der Waals surface area contributed by atoms with E-state index in [1.54, 1.807) is 7.11 Å². The third-order valence-corrected chi connectivity index (χ3v) is 4.69. The molecular formula is C20H27N3O. The number of piperidine rings is 1. The molecular weight excluding hydrogens is 298 g/mol. The molecule has 24 heavy (non-hydrogen) atoms. The van der Waals surface area contributed by atoms with Gasteiger partial charge >= 0.3 is 0 Å². The molecule has 3 rings (SSSR count). The van der Waals surface area contributed by atoms with Crippen LogP contribution in [0.25, 0.3) is 0 Å². The molecule has 0 unspecified atom stereocenters. The van der Waals surface area contributed by atoms with Crippen LogP contribution in [-0.2, 0) is 17.9 Å². The SMILES string of the molecule is COCc1cccc(N[C@@H]2CCN(Cc3ccccn3)C[C@@H]2C)c1. The predicted octanol–water partition coefficient (Wildman–Crippen LogP) is 3.55. The van der Waals surface area contributed by atoms with Crippen molar-refractivity contribution < 1.29 is 4.74 Å². The molecule has 2 aromatic rings. The van der Waals surface area contributed by atoms with E-state index in [0.717, 1.165) is 31.7 Å². The van der Waals surface area contributed by atoms with Crippen LogP contribution in [0, 0.1) is 5.92 Å². The van der Waals surface area contributed by atoms with E-state index in [1.807, 2.05) is 12.3 Å². The first-order chi connectivity index (χ1) is 11.7.